The quantitative estimate of drug-likeness (QED) is 0.799. The molecular weight excluding hydrogens is 281 g/mol. The molecular formula is C11H13F3N2O2S. The monoisotopic (exact) mass is 294 g/mol. The van der Waals surface area contributed by atoms with Crippen molar-refractivity contribution in [2.24, 2.45) is 11.7 Å². The summed E-state index contributed by atoms with van der Waals surface area (Å²) in [5.41, 5.74) is 5.45. The standard InChI is InChI=1S/C11H13F3N2O2S/c12-8-3-7(4-9(13)11(8)14)19(17,18)16-10(5-15)6-1-2-6/h3-4,6,10,16H,1-2,5,15H2/t10-/m0/s1. The highest BCUT2D eigenvalue weighted by Gasteiger charge is 2.33. The first-order valence-corrected chi connectivity index (χ1v) is 7.20. The Morgan fingerprint density at radius 2 is 1.79 bits per heavy atom. The average molecular weight is 294 g/mol. The Balaban J connectivity index is 2.28. The number of sulfonamides is 1. The van der Waals surface area contributed by atoms with Crippen LogP contribution in [0.2, 0.25) is 0 Å². The predicted molar refractivity (Wildman–Crippen MR) is 62.2 cm³/mol. The highest BCUT2D eigenvalue weighted by atomic mass is 32.2. The third kappa shape index (κ3) is 3.07. The van der Waals surface area contributed by atoms with Crippen molar-refractivity contribution < 1.29 is 21.6 Å². The molecule has 3 N–H and O–H groups in total. The lowest BCUT2D eigenvalue weighted by Gasteiger charge is -2.16. The number of hydrogen-bond acceptors (Lipinski definition) is 3. The molecule has 1 saturated carbocycles. The number of halogens is 3. The van der Waals surface area contributed by atoms with E-state index in [-0.39, 0.29) is 12.5 Å². The fourth-order valence-corrected chi connectivity index (χ4v) is 3.13. The van der Waals surface area contributed by atoms with Crippen molar-refractivity contribution in [1.29, 1.82) is 0 Å². The molecule has 0 aromatic heterocycles. The third-order valence-electron chi connectivity index (χ3n) is 3.02. The molecule has 4 nitrogen and oxygen atoms in total. The van der Waals surface area contributed by atoms with Gasteiger partial charge in [0, 0.05) is 12.6 Å². The molecule has 8 heteroatoms. The molecule has 0 spiro atoms. The molecule has 19 heavy (non-hydrogen) atoms. The van der Waals surface area contributed by atoms with Crippen molar-refractivity contribution >= 4 is 10.0 Å². The largest absolute Gasteiger partial charge is 0.329 e. The van der Waals surface area contributed by atoms with Crippen molar-refractivity contribution in [3.8, 4) is 0 Å². The van der Waals surface area contributed by atoms with Crippen molar-refractivity contribution in [2.75, 3.05) is 6.54 Å². The van der Waals surface area contributed by atoms with Crippen LogP contribution in [0.25, 0.3) is 0 Å². The highest BCUT2D eigenvalue weighted by molar-refractivity contribution is 7.89. The summed E-state index contributed by atoms with van der Waals surface area (Å²) in [5.74, 6) is -4.64. The molecule has 1 aliphatic rings. The Labute approximate surface area is 108 Å². The molecule has 1 fully saturated rings. The SMILES string of the molecule is NC[C@H](NS(=O)(=O)c1cc(F)c(F)c(F)c1)C1CC1. The van der Waals surface area contributed by atoms with Crippen LogP contribution in [0.15, 0.2) is 17.0 Å². The normalized spacial score (nSPS) is 17.5. The summed E-state index contributed by atoms with van der Waals surface area (Å²) >= 11 is 0. The highest BCUT2D eigenvalue weighted by Crippen LogP contribution is 2.33. The molecule has 1 atom stereocenters. The lowest BCUT2D eigenvalue weighted by molar-refractivity contribution is 0.441. The average Bonchev–Trinajstić information content (AvgIpc) is 3.16. The molecule has 106 valence electrons. The Morgan fingerprint density at radius 1 is 1.26 bits per heavy atom. The lowest BCUT2D eigenvalue weighted by atomic mass is 10.2. The first-order chi connectivity index (χ1) is 8.85. The molecule has 2 rings (SSSR count). The van der Waals surface area contributed by atoms with Crippen molar-refractivity contribution in [3.63, 3.8) is 0 Å². The Morgan fingerprint density at radius 3 is 2.21 bits per heavy atom. The number of rotatable bonds is 5. The van der Waals surface area contributed by atoms with Crippen LogP contribution in [0, 0.1) is 23.4 Å². The molecule has 0 aliphatic heterocycles. The van der Waals surface area contributed by atoms with Crippen LogP contribution in [-0.2, 0) is 10.0 Å². The van der Waals surface area contributed by atoms with E-state index in [4.69, 9.17) is 5.73 Å². The maximum atomic E-state index is 13.0. The predicted octanol–water partition coefficient (Wildman–Crippen LogP) is 1.12. The van der Waals surface area contributed by atoms with Gasteiger partial charge in [0.25, 0.3) is 0 Å². The Kier molecular flexibility index (Phi) is 3.84. The van der Waals surface area contributed by atoms with Crippen LogP contribution in [0.3, 0.4) is 0 Å². The molecule has 1 aliphatic carbocycles. The minimum absolute atomic E-state index is 0.0933. The fraction of sp³-hybridized carbons (Fsp3) is 0.455. The van der Waals surface area contributed by atoms with Gasteiger partial charge in [-0.05, 0) is 30.9 Å². The second kappa shape index (κ2) is 5.10. The molecule has 1 aromatic rings. The van der Waals surface area contributed by atoms with Gasteiger partial charge in [0.05, 0.1) is 4.90 Å². The molecule has 1 aromatic carbocycles. The first kappa shape index (κ1) is 14.3. The van der Waals surface area contributed by atoms with E-state index in [0.29, 0.717) is 12.1 Å². The van der Waals surface area contributed by atoms with Crippen LogP contribution in [-0.4, -0.2) is 21.0 Å². The molecule has 0 heterocycles. The van der Waals surface area contributed by atoms with Gasteiger partial charge in [0.1, 0.15) is 0 Å². The van der Waals surface area contributed by atoms with Gasteiger partial charge in [-0.3, -0.25) is 0 Å². The summed E-state index contributed by atoms with van der Waals surface area (Å²) in [4.78, 5) is -0.650. The first-order valence-electron chi connectivity index (χ1n) is 5.72. The second-order valence-corrected chi connectivity index (χ2v) is 6.22. The zero-order chi connectivity index (χ0) is 14.2. The van der Waals surface area contributed by atoms with Gasteiger partial charge in [-0.15, -0.1) is 0 Å². The van der Waals surface area contributed by atoms with E-state index in [0.717, 1.165) is 12.8 Å². The van der Waals surface area contributed by atoms with Gasteiger partial charge in [0.2, 0.25) is 10.0 Å². The van der Waals surface area contributed by atoms with E-state index >= 15 is 0 Å². The molecule has 0 bridgehead atoms. The van der Waals surface area contributed by atoms with Crippen LogP contribution >= 0.6 is 0 Å². The molecule has 0 saturated heterocycles. The van der Waals surface area contributed by atoms with E-state index < -0.39 is 38.4 Å². The van der Waals surface area contributed by atoms with Crippen LogP contribution in [0.4, 0.5) is 13.2 Å². The van der Waals surface area contributed by atoms with Crippen molar-refractivity contribution in [1.82, 2.24) is 4.72 Å². The number of nitrogens with two attached hydrogens (primary N) is 1. The fourth-order valence-electron chi connectivity index (χ4n) is 1.79. The topological polar surface area (TPSA) is 72.2 Å². The molecule has 0 radical (unpaired) electrons. The summed E-state index contributed by atoms with van der Waals surface area (Å²) in [5, 5.41) is 0. The van der Waals surface area contributed by atoms with Gasteiger partial charge >= 0.3 is 0 Å². The van der Waals surface area contributed by atoms with Crippen molar-refractivity contribution in [2.45, 2.75) is 23.8 Å². The summed E-state index contributed by atoms with van der Waals surface area (Å²) in [6, 6.07) is 0.420. The van der Waals surface area contributed by atoms with Gasteiger partial charge < -0.3 is 5.73 Å². The van der Waals surface area contributed by atoms with Crippen molar-refractivity contribution in [3.05, 3.63) is 29.6 Å². The summed E-state index contributed by atoms with van der Waals surface area (Å²) in [6.45, 7) is 0.0933. The minimum Gasteiger partial charge on any atom is -0.329 e. The van der Waals surface area contributed by atoms with E-state index in [1.165, 1.54) is 0 Å². The maximum absolute atomic E-state index is 13.0. The van der Waals surface area contributed by atoms with E-state index in [1.54, 1.807) is 0 Å². The van der Waals surface area contributed by atoms with E-state index in [2.05, 4.69) is 4.72 Å². The number of benzene rings is 1. The van der Waals surface area contributed by atoms with E-state index in [9.17, 15) is 21.6 Å². The van der Waals surface area contributed by atoms with Crippen LogP contribution in [0.5, 0.6) is 0 Å². The van der Waals surface area contributed by atoms with Gasteiger partial charge in [-0.1, -0.05) is 0 Å². The number of hydrogen-bond donors (Lipinski definition) is 2. The third-order valence-corrected chi connectivity index (χ3v) is 4.49. The van der Waals surface area contributed by atoms with E-state index in [1.807, 2.05) is 0 Å². The summed E-state index contributed by atoms with van der Waals surface area (Å²) < 4.78 is 65.0. The molecule has 0 unspecified atom stereocenters. The zero-order valence-corrected chi connectivity index (χ0v) is 10.7. The van der Waals surface area contributed by atoms with Crippen LogP contribution in [0.1, 0.15) is 12.8 Å². The zero-order valence-electron chi connectivity index (χ0n) is 9.87. The Hall–Kier alpha value is -1.12. The summed E-state index contributed by atoms with van der Waals surface area (Å²) in [7, 11) is -4.12. The van der Waals surface area contributed by atoms with Gasteiger partial charge in [0.15, 0.2) is 17.5 Å². The summed E-state index contributed by atoms with van der Waals surface area (Å²) in [6.07, 6.45) is 1.72. The minimum atomic E-state index is -4.12. The lowest BCUT2D eigenvalue weighted by Crippen LogP contribution is -2.41. The smallest absolute Gasteiger partial charge is 0.241 e. The number of nitrogens with one attached hydrogen (secondary N) is 1. The van der Waals surface area contributed by atoms with Gasteiger partial charge in [-0.2, -0.15) is 0 Å². The maximum Gasteiger partial charge on any atom is 0.241 e. The van der Waals surface area contributed by atoms with Gasteiger partial charge in [-0.25, -0.2) is 26.3 Å². The van der Waals surface area contributed by atoms with Crippen LogP contribution < -0.4 is 10.5 Å². The second-order valence-electron chi connectivity index (χ2n) is 4.50. The Bertz CT molecular complexity index is 565. The molecule has 0 amide bonds.